The molecule has 0 aliphatic carbocycles. The Morgan fingerprint density at radius 1 is 1.08 bits per heavy atom. The molecule has 1 aliphatic rings. The van der Waals surface area contributed by atoms with E-state index in [0.29, 0.717) is 33.0 Å². The number of phenolic OH excluding ortho intramolecular Hbond substituents is 1. The summed E-state index contributed by atoms with van der Waals surface area (Å²) in [6.45, 7) is 6.69. The van der Waals surface area contributed by atoms with Gasteiger partial charge in [0.25, 0.3) is 0 Å². The number of rotatable bonds is 4. The Morgan fingerprint density at radius 2 is 1.81 bits per heavy atom. The second kappa shape index (κ2) is 9.11. The van der Waals surface area contributed by atoms with Crippen molar-refractivity contribution in [2.24, 2.45) is 7.05 Å². The lowest BCUT2D eigenvalue weighted by Gasteiger charge is -2.39. The average molecular weight is 508 g/mol. The third-order valence-electron chi connectivity index (χ3n) is 6.49. The highest BCUT2D eigenvalue weighted by Crippen LogP contribution is 2.41. The first-order chi connectivity index (χ1) is 17.1. The van der Waals surface area contributed by atoms with Crippen LogP contribution in [-0.4, -0.2) is 44.4 Å². The van der Waals surface area contributed by atoms with Crippen LogP contribution in [0.3, 0.4) is 0 Å². The Bertz CT molecular complexity index is 1510. The zero-order chi connectivity index (χ0) is 25.6. The van der Waals surface area contributed by atoms with Crippen LogP contribution in [0.2, 0.25) is 5.02 Å². The molecule has 186 valence electrons. The van der Waals surface area contributed by atoms with E-state index in [4.69, 9.17) is 11.6 Å². The third-order valence-corrected chi connectivity index (χ3v) is 6.79. The second-order valence-electron chi connectivity index (χ2n) is 9.71. The molecule has 0 saturated carbocycles. The molecule has 1 fully saturated rings. The molecule has 3 heterocycles. The first kappa shape index (κ1) is 24.1. The van der Waals surface area contributed by atoms with E-state index in [2.05, 4.69) is 29.0 Å². The largest absolute Gasteiger partial charge is 0.507 e. The molecule has 0 unspecified atom stereocenters. The number of pyridine rings is 1. The molecule has 2 aromatic carbocycles. The van der Waals surface area contributed by atoms with E-state index in [1.165, 1.54) is 21.3 Å². The summed E-state index contributed by atoms with van der Waals surface area (Å²) in [5.41, 5.74) is 2.07. The van der Waals surface area contributed by atoms with E-state index >= 15 is 0 Å². The van der Waals surface area contributed by atoms with Gasteiger partial charge in [-0.1, -0.05) is 17.7 Å². The molecule has 0 atom stereocenters. The number of nitrogens with one attached hydrogen (secondary N) is 1. The lowest BCUT2D eigenvalue weighted by Crippen LogP contribution is -2.57. The summed E-state index contributed by atoms with van der Waals surface area (Å²) in [4.78, 5) is 19.0. The first-order valence-corrected chi connectivity index (χ1v) is 12.0. The van der Waals surface area contributed by atoms with Crippen LogP contribution in [0.25, 0.3) is 27.9 Å². The van der Waals surface area contributed by atoms with E-state index in [1.54, 1.807) is 49.9 Å². The number of aryl methyl sites for hydroxylation is 1. The average Bonchev–Trinajstić information content (AvgIpc) is 3.17. The summed E-state index contributed by atoms with van der Waals surface area (Å²) in [6, 6.07) is 11.2. The number of piperazine rings is 1. The van der Waals surface area contributed by atoms with Crippen molar-refractivity contribution in [3.05, 3.63) is 82.4 Å². The van der Waals surface area contributed by atoms with Crippen molar-refractivity contribution in [1.82, 2.24) is 19.4 Å². The summed E-state index contributed by atoms with van der Waals surface area (Å²) >= 11 is 6.51. The Labute approximate surface area is 213 Å². The molecule has 4 aromatic rings. The normalized spacial score (nSPS) is 15.3. The van der Waals surface area contributed by atoms with Gasteiger partial charge in [-0.25, -0.2) is 14.2 Å². The van der Waals surface area contributed by atoms with Gasteiger partial charge in [-0.3, -0.25) is 4.57 Å². The Kier molecular flexibility index (Phi) is 6.10. The minimum atomic E-state index is -0.487. The van der Waals surface area contributed by atoms with Gasteiger partial charge in [-0.15, -0.1) is 0 Å². The van der Waals surface area contributed by atoms with E-state index < -0.39 is 5.82 Å². The number of phenols is 1. The highest BCUT2D eigenvalue weighted by Gasteiger charge is 2.27. The lowest BCUT2D eigenvalue weighted by molar-refractivity contribution is 0.352. The van der Waals surface area contributed by atoms with Gasteiger partial charge in [0.15, 0.2) is 0 Å². The number of benzene rings is 2. The summed E-state index contributed by atoms with van der Waals surface area (Å²) in [5.74, 6) is 0.224. The SMILES string of the molecule is Cn1ccn(-c2ccc(-c3cc(F)cc(-c4ccnc(N5CCNC(C)(C)C5)c4)c3O)cc2Cl)c1=O. The predicted octanol–water partition coefficient (Wildman–Crippen LogP) is 4.59. The molecular weight excluding hydrogens is 481 g/mol. The minimum absolute atomic E-state index is 0.0551. The van der Waals surface area contributed by atoms with Crippen LogP contribution in [0, 0.1) is 5.82 Å². The Balaban J connectivity index is 1.54. The molecule has 36 heavy (non-hydrogen) atoms. The fourth-order valence-electron chi connectivity index (χ4n) is 4.65. The van der Waals surface area contributed by atoms with Crippen molar-refractivity contribution in [2.45, 2.75) is 19.4 Å². The van der Waals surface area contributed by atoms with Crippen molar-refractivity contribution in [3.63, 3.8) is 0 Å². The number of aromatic nitrogens is 3. The molecule has 2 N–H and O–H groups in total. The first-order valence-electron chi connectivity index (χ1n) is 11.7. The molecule has 0 bridgehead atoms. The number of aromatic hydroxyl groups is 1. The molecule has 0 radical (unpaired) electrons. The van der Waals surface area contributed by atoms with Gasteiger partial charge in [0.05, 0.1) is 10.7 Å². The molecule has 1 saturated heterocycles. The van der Waals surface area contributed by atoms with Crippen LogP contribution in [0.4, 0.5) is 10.2 Å². The van der Waals surface area contributed by atoms with Crippen LogP contribution < -0.4 is 15.9 Å². The zero-order valence-corrected chi connectivity index (χ0v) is 21.1. The lowest BCUT2D eigenvalue weighted by atomic mass is 9.97. The number of hydrogen-bond donors (Lipinski definition) is 2. The second-order valence-corrected chi connectivity index (χ2v) is 10.1. The maximum absolute atomic E-state index is 14.8. The maximum Gasteiger partial charge on any atom is 0.332 e. The van der Waals surface area contributed by atoms with E-state index in [9.17, 15) is 14.3 Å². The summed E-state index contributed by atoms with van der Waals surface area (Å²) in [6.07, 6.45) is 4.94. The van der Waals surface area contributed by atoms with E-state index in [0.717, 1.165) is 25.5 Å². The number of anilines is 1. The highest BCUT2D eigenvalue weighted by molar-refractivity contribution is 6.32. The molecule has 2 aromatic heterocycles. The van der Waals surface area contributed by atoms with Gasteiger partial charge in [0.1, 0.15) is 17.4 Å². The highest BCUT2D eigenvalue weighted by atomic mass is 35.5. The molecule has 0 amide bonds. The monoisotopic (exact) mass is 507 g/mol. The van der Waals surface area contributed by atoms with E-state index in [1.807, 2.05) is 6.07 Å². The van der Waals surface area contributed by atoms with Crippen LogP contribution in [0.1, 0.15) is 13.8 Å². The quantitative estimate of drug-likeness (QED) is 0.422. The minimum Gasteiger partial charge on any atom is -0.507 e. The van der Waals surface area contributed by atoms with Gasteiger partial charge in [0.2, 0.25) is 0 Å². The molecule has 5 rings (SSSR count). The van der Waals surface area contributed by atoms with Crippen LogP contribution in [0.5, 0.6) is 5.75 Å². The van der Waals surface area contributed by atoms with E-state index in [-0.39, 0.29) is 17.0 Å². The van der Waals surface area contributed by atoms with Crippen molar-refractivity contribution in [1.29, 1.82) is 0 Å². The number of hydrogen-bond acceptors (Lipinski definition) is 5. The van der Waals surface area contributed by atoms with Gasteiger partial charge in [-0.05, 0) is 61.4 Å². The fraction of sp³-hybridized carbons (Fsp3) is 0.259. The molecular formula is C27H27ClFN5O2. The standard InChI is InChI=1S/C27H27ClFN5O2/c1-27(2)16-33(9-8-31-27)24-13-18(6-7-30-24)21-15-19(29)14-20(25(21)35)17-4-5-23(22(28)12-17)34-11-10-32(3)26(34)36/h4-7,10-15,31,35H,8-9,16H2,1-3H3. The van der Waals surface area contributed by atoms with Crippen molar-refractivity contribution in [3.8, 4) is 33.7 Å². The van der Waals surface area contributed by atoms with Gasteiger partial charge in [-0.2, -0.15) is 0 Å². The molecule has 1 aliphatic heterocycles. The summed E-state index contributed by atoms with van der Waals surface area (Å²) in [5, 5.41) is 15.0. The molecule has 7 nitrogen and oxygen atoms in total. The van der Waals surface area contributed by atoms with Crippen LogP contribution in [0.15, 0.2) is 65.8 Å². The molecule has 9 heteroatoms. The molecule has 0 spiro atoms. The predicted molar refractivity (Wildman–Crippen MR) is 141 cm³/mol. The summed E-state index contributed by atoms with van der Waals surface area (Å²) < 4.78 is 17.7. The topological polar surface area (TPSA) is 75.3 Å². The zero-order valence-electron chi connectivity index (χ0n) is 20.3. The van der Waals surface area contributed by atoms with Gasteiger partial charge < -0.3 is 19.9 Å². The van der Waals surface area contributed by atoms with Crippen molar-refractivity contribution in [2.75, 3.05) is 24.5 Å². The maximum atomic E-state index is 14.8. The number of halogens is 2. The van der Waals surface area contributed by atoms with Gasteiger partial charge in [0, 0.05) is 61.9 Å². The summed E-state index contributed by atoms with van der Waals surface area (Å²) in [7, 11) is 1.65. The van der Waals surface area contributed by atoms with Crippen LogP contribution in [-0.2, 0) is 7.05 Å². The number of imidazole rings is 1. The Hall–Kier alpha value is -3.62. The smallest absolute Gasteiger partial charge is 0.332 e. The van der Waals surface area contributed by atoms with Crippen LogP contribution >= 0.6 is 11.6 Å². The van der Waals surface area contributed by atoms with Gasteiger partial charge >= 0.3 is 5.69 Å². The Morgan fingerprint density at radius 3 is 2.44 bits per heavy atom. The number of nitrogens with zero attached hydrogens (tertiary/aromatic N) is 4. The third kappa shape index (κ3) is 4.50. The van der Waals surface area contributed by atoms with Crippen molar-refractivity contribution < 1.29 is 9.50 Å². The van der Waals surface area contributed by atoms with Crippen molar-refractivity contribution >= 4 is 17.4 Å². The fourth-order valence-corrected chi connectivity index (χ4v) is 4.92.